The van der Waals surface area contributed by atoms with Crippen LogP contribution in [0.4, 0.5) is 0 Å². The molecule has 2 rings (SSSR count). The van der Waals surface area contributed by atoms with E-state index in [1.165, 1.54) is 0 Å². The number of nitrogens with two attached hydrogens (primary N) is 1. The Morgan fingerprint density at radius 2 is 2.17 bits per heavy atom. The summed E-state index contributed by atoms with van der Waals surface area (Å²) < 4.78 is 0. The highest BCUT2D eigenvalue weighted by Crippen LogP contribution is 2.40. The van der Waals surface area contributed by atoms with Gasteiger partial charge >= 0.3 is 0 Å². The highest BCUT2D eigenvalue weighted by molar-refractivity contribution is 5.10. The van der Waals surface area contributed by atoms with Crippen LogP contribution in [0.3, 0.4) is 0 Å². The van der Waals surface area contributed by atoms with Crippen molar-refractivity contribution in [2.75, 3.05) is 0 Å². The summed E-state index contributed by atoms with van der Waals surface area (Å²) in [5.41, 5.74) is 4.49. The average molecular weight is 165 g/mol. The van der Waals surface area contributed by atoms with Crippen LogP contribution in [-0.2, 0) is 0 Å². The Bertz CT molecular complexity index is 273. The molecule has 12 heavy (non-hydrogen) atoms. The smallest absolute Gasteiger partial charge is 0.135 e. The third-order valence-electron chi connectivity index (χ3n) is 2.33. The maximum absolute atomic E-state index is 9.52. The Morgan fingerprint density at radius 3 is 2.58 bits per heavy atom. The lowest BCUT2D eigenvalue weighted by Crippen LogP contribution is -2.53. The van der Waals surface area contributed by atoms with Crippen molar-refractivity contribution in [1.29, 1.82) is 0 Å². The Morgan fingerprint density at radius 1 is 1.50 bits per heavy atom. The van der Waals surface area contributed by atoms with E-state index in [4.69, 9.17) is 5.73 Å². The molecule has 1 fully saturated rings. The summed E-state index contributed by atoms with van der Waals surface area (Å²) in [6.07, 6.45) is 4.83. The van der Waals surface area contributed by atoms with Gasteiger partial charge in [-0.1, -0.05) is 0 Å². The van der Waals surface area contributed by atoms with Gasteiger partial charge in [0.05, 0.1) is 5.92 Å². The van der Waals surface area contributed by atoms with Gasteiger partial charge in [-0.2, -0.15) is 0 Å². The van der Waals surface area contributed by atoms with Crippen LogP contribution in [0.5, 0.6) is 0 Å². The summed E-state index contributed by atoms with van der Waals surface area (Å²) in [6.45, 7) is 0. The van der Waals surface area contributed by atoms with Gasteiger partial charge in [-0.15, -0.1) is 0 Å². The Balaban J connectivity index is 2.22. The van der Waals surface area contributed by atoms with Crippen molar-refractivity contribution in [2.24, 2.45) is 5.73 Å². The van der Waals surface area contributed by atoms with E-state index in [-0.39, 0.29) is 5.92 Å². The van der Waals surface area contributed by atoms with Crippen LogP contribution < -0.4 is 5.73 Å². The summed E-state index contributed by atoms with van der Waals surface area (Å²) in [5, 5.41) is 9.52. The summed E-state index contributed by atoms with van der Waals surface area (Å²) in [5.74, 6) is 0.562. The number of aromatic nitrogens is 2. The zero-order valence-electron chi connectivity index (χ0n) is 6.64. The van der Waals surface area contributed by atoms with E-state index >= 15 is 0 Å². The van der Waals surface area contributed by atoms with Crippen LogP contribution in [-0.4, -0.2) is 20.8 Å². The van der Waals surface area contributed by atoms with E-state index in [9.17, 15) is 5.11 Å². The molecule has 4 heteroatoms. The fraction of sp³-hybridized carbons (Fsp3) is 0.500. The topological polar surface area (TPSA) is 72.0 Å². The number of aliphatic hydroxyl groups is 1. The normalized spacial score (nSPS) is 34.3. The van der Waals surface area contributed by atoms with Crippen LogP contribution in [0.25, 0.3) is 0 Å². The number of hydrogen-bond donors (Lipinski definition) is 2. The molecule has 4 nitrogen and oxygen atoms in total. The molecule has 64 valence electrons. The van der Waals surface area contributed by atoms with Crippen molar-refractivity contribution in [1.82, 2.24) is 9.97 Å². The van der Waals surface area contributed by atoms with Gasteiger partial charge in [-0.25, -0.2) is 9.97 Å². The quantitative estimate of drug-likeness (QED) is 0.574. The molecule has 3 N–H and O–H groups in total. The first-order valence-electron chi connectivity index (χ1n) is 3.98. The maximum Gasteiger partial charge on any atom is 0.135 e. The van der Waals surface area contributed by atoms with Crippen molar-refractivity contribution >= 4 is 0 Å². The second-order valence-corrected chi connectivity index (χ2v) is 3.19. The molecule has 0 aliphatic heterocycles. The number of rotatable bonds is 1. The molecule has 0 spiro atoms. The van der Waals surface area contributed by atoms with Gasteiger partial charge in [0.1, 0.15) is 11.5 Å². The maximum atomic E-state index is 9.52. The molecule has 1 aromatic rings. The second kappa shape index (κ2) is 2.50. The minimum absolute atomic E-state index is 0.0845. The first-order chi connectivity index (χ1) is 5.70. The molecule has 1 heterocycles. The van der Waals surface area contributed by atoms with Gasteiger partial charge in [0.2, 0.25) is 0 Å². The first-order valence-corrected chi connectivity index (χ1v) is 3.98. The molecule has 0 radical (unpaired) electrons. The van der Waals surface area contributed by atoms with Crippen LogP contribution in [0.1, 0.15) is 24.6 Å². The summed E-state index contributed by atoms with van der Waals surface area (Å²) in [7, 11) is 0. The van der Waals surface area contributed by atoms with Gasteiger partial charge in [0.15, 0.2) is 0 Å². The standard InChI is InChI=1S/C8H11N3O/c9-8(12)3-2-6(8)7-10-4-1-5-11-7/h1,4-6,12H,2-3,9H2. The van der Waals surface area contributed by atoms with Gasteiger partial charge in [-0.05, 0) is 18.9 Å². The zero-order chi connectivity index (χ0) is 8.60. The fourth-order valence-corrected chi connectivity index (χ4v) is 1.43. The lowest BCUT2D eigenvalue weighted by atomic mass is 9.76. The van der Waals surface area contributed by atoms with Crippen molar-refractivity contribution in [3.63, 3.8) is 0 Å². The summed E-state index contributed by atoms with van der Waals surface area (Å²) in [6, 6.07) is 1.75. The van der Waals surface area contributed by atoms with Crippen molar-refractivity contribution < 1.29 is 5.11 Å². The van der Waals surface area contributed by atoms with Crippen LogP contribution >= 0.6 is 0 Å². The van der Waals surface area contributed by atoms with Crippen molar-refractivity contribution in [3.05, 3.63) is 24.3 Å². The van der Waals surface area contributed by atoms with Gasteiger partial charge in [0, 0.05) is 12.4 Å². The van der Waals surface area contributed by atoms with E-state index in [0.29, 0.717) is 12.2 Å². The molecule has 1 saturated carbocycles. The third kappa shape index (κ3) is 1.09. The zero-order valence-corrected chi connectivity index (χ0v) is 6.64. The Hall–Kier alpha value is -1.00. The molecule has 1 aliphatic rings. The number of hydrogen-bond acceptors (Lipinski definition) is 4. The molecule has 1 aromatic heterocycles. The minimum Gasteiger partial charge on any atom is -0.375 e. The van der Waals surface area contributed by atoms with Gasteiger partial charge in [-0.3, -0.25) is 0 Å². The van der Waals surface area contributed by atoms with E-state index in [0.717, 1.165) is 6.42 Å². The van der Waals surface area contributed by atoms with E-state index in [2.05, 4.69) is 9.97 Å². The van der Waals surface area contributed by atoms with Gasteiger partial charge in [0.25, 0.3) is 0 Å². The average Bonchev–Trinajstić information content (AvgIpc) is 2.05. The molecule has 2 unspecified atom stereocenters. The monoisotopic (exact) mass is 165 g/mol. The SMILES string of the molecule is NC1(O)CCC1c1ncccn1. The molecule has 0 amide bonds. The predicted molar refractivity (Wildman–Crippen MR) is 43.1 cm³/mol. The Labute approximate surface area is 70.5 Å². The highest BCUT2D eigenvalue weighted by atomic mass is 16.3. The Kier molecular flexibility index (Phi) is 1.59. The molecular formula is C8H11N3O. The fourth-order valence-electron chi connectivity index (χ4n) is 1.43. The first kappa shape index (κ1) is 7.64. The summed E-state index contributed by atoms with van der Waals surface area (Å²) >= 11 is 0. The largest absolute Gasteiger partial charge is 0.375 e. The third-order valence-corrected chi connectivity index (χ3v) is 2.33. The predicted octanol–water partition coefficient (Wildman–Crippen LogP) is 0.00130. The molecule has 0 saturated heterocycles. The molecule has 0 aromatic carbocycles. The van der Waals surface area contributed by atoms with Crippen LogP contribution in [0.2, 0.25) is 0 Å². The van der Waals surface area contributed by atoms with E-state index in [1.54, 1.807) is 18.5 Å². The molecular weight excluding hydrogens is 154 g/mol. The minimum atomic E-state index is -1.08. The van der Waals surface area contributed by atoms with Gasteiger partial charge < -0.3 is 10.8 Å². The molecule has 2 atom stereocenters. The van der Waals surface area contributed by atoms with E-state index in [1.807, 2.05) is 0 Å². The number of nitrogens with zero attached hydrogens (tertiary/aromatic N) is 2. The molecule has 0 bridgehead atoms. The lowest BCUT2D eigenvalue weighted by molar-refractivity contribution is -0.0551. The van der Waals surface area contributed by atoms with Crippen LogP contribution in [0, 0.1) is 0 Å². The van der Waals surface area contributed by atoms with E-state index < -0.39 is 5.72 Å². The lowest BCUT2D eigenvalue weighted by Gasteiger charge is -2.40. The molecule has 1 aliphatic carbocycles. The van der Waals surface area contributed by atoms with Crippen molar-refractivity contribution in [2.45, 2.75) is 24.5 Å². The highest BCUT2D eigenvalue weighted by Gasteiger charge is 2.44. The summed E-state index contributed by atoms with van der Waals surface area (Å²) in [4.78, 5) is 8.09. The van der Waals surface area contributed by atoms with Crippen LogP contribution in [0.15, 0.2) is 18.5 Å². The van der Waals surface area contributed by atoms with Crippen molar-refractivity contribution in [3.8, 4) is 0 Å². The second-order valence-electron chi connectivity index (χ2n) is 3.19.